The molecule has 8 heteroatoms. The highest BCUT2D eigenvalue weighted by Gasteiger charge is 2.52. The smallest absolute Gasteiger partial charge is 0.325 e. The van der Waals surface area contributed by atoms with Gasteiger partial charge in [0, 0.05) is 17.4 Å². The Kier molecular flexibility index (Phi) is 4.83. The van der Waals surface area contributed by atoms with Gasteiger partial charge in [-0.3, -0.25) is 9.69 Å². The summed E-state index contributed by atoms with van der Waals surface area (Å²) in [5.41, 5.74) is 1.30. The van der Waals surface area contributed by atoms with Gasteiger partial charge in [-0.05, 0) is 22.6 Å². The van der Waals surface area contributed by atoms with Crippen LogP contribution >= 0.6 is 11.3 Å². The Labute approximate surface area is 182 Å². The van der Waals surface area contributed by atoms with Gasteiger partial charge in [0.1, 0.15) is 6.54 Å². The fourth-order valence-electron chi connectivity index (χ4n) is 3.78. The Morgan fingerprint density at radius 2 is 1.74 bits per heavy atom. The highest BCUT2D eigenvalue weighted by atomic mass is 32.1. The number of aromatic nitrogens is 2. The van der Waals surface area contributed by atoms with Gasteiger partial charge in [0.05, 0.1) is 0 Å². The molecule has 1 aliphatic rings. The number of rotatable bonds is 6. The van der Waals surface area contributed by atoms with Crippen LogP contribution in [0.1, 0.15) is 17.0 Å². The molecule has 0 saturated carbocycles. The molecule has 7 nitrogen and oxygen atoms in total. The highest BCUT2D eigenvalue weighted by Crippen LogP contribution is 2.33. The fraction of sp³-hybridized carbons (Fsp3) is 0.130. The minimum Gasteiger partial charge on any atom is -0.337 e. The maximum Gasteiger partial charge on any atom is 0.325 e. The van der Waals surface area contributed by atoms with Crippen molar-refractivity contribution in [3.63, 3.8) is 0 Å². The predicted molar refractivity (Wildman–Crippen MR) is 115 cm³/mol. The second-order valence-corrected chi connectivity index (χ2v) is 8.06. The second kappa shape index (κ2) is 7.81. The van der Waals surface area contributed by atoms with Crippen LogP contribution in [-0.2, 0) is 23.3 Å². The lowest BCUT2D eigenvalue weighted by atomic mass is 9.83. The molecule has 0 spiro atoms. The van der Waals surface area contributed by atoms with Crippen molar-refractivity contribution in [1.29, 1.82) is 0 Å². The van der Waals surface area contributed by atoms with Crippen LogP contribution in [0.5, 0.6) is 0 Å². The molecule has 5 rings (SSSR count). The summed E-state index contributed by atoms with van der Waals surface area (Å²) in [5.74, 6) is 0.290. The molecule has 1 aliphatic heterocycles. The van der Waals surface area contributed by atoms with Crippen molar-refractivity contribution in [1.82, 2.24) is 20.4 Å². The molecule has 1 saturated heterocycles. The molecular formula is C23H18N4O3S. The van der Waals surface area contributed by atoms with Crippen molar-refractivity contribution < 1.29 is 14.1 Å². The summed E-state index contributed by atoms with van der Waals surface area (Å²) in [4.78, 5) is 32.0. The summed E-state index contributed by atoms with van der Waals surface area (Å²) in [5, 5.41) is 10.7. The number of hydrogen-bond acceptors (Lipinski definition) is 6. The van der Waals surface area contributed by atoms with E-state index >= 15 is 0 Å². The van der Waals surface area contributed by atoms with Crippen molar-refractivity contribution in [3.8, 4) is 11.4 Å². The third-order valence-electron chi connectivity index (χ3n) is 5.30. The molecule has 4 aromatic rings. The minimum absolute atomic E-state index is 0.0921. The summed E-state index contributed by atoms with van der Waals surface area (Å²) < 4.78 is 5.31. The number of nitrogens with zero attached hydrogens (tertiary/aromatic N) is 3. The topological polar surface area (TPSA) is 88.3 Å². The number of thiophene rings is 1. The van der Waals surface area contributed by atoms with E-state index in [1.807, 2.05) is 77.5 Å². The van der Waals surface area contributed by atoms with Crippen molar-refractivity contribution in [2.24, 2.45) is 0 Å². The van der Waals surface area contributed by atoms with E-state index in [2.05, 4.69) is 15.5 Å². The van der Waals surface area contributed by atoms with E-state index in [0.29, 0.717) is 12.2 Å². The Hall–Kier alpha value is -3.78. The molecule has 3 heterocycles. The van der Waals surface area contributed by atoms with Gasteiger partial charge in [0.15, 0.2) is 5.54 Å². The number of imide groups is 1. The standard InChI is InChI=1S/C23H18N4O3S/c28-21-23(18-9-5-2-6-10-18,13-16-7-3-1-4-8-16)25-22(29)27(21)14-19-24-20(26-30-19)17-11-12-31-15-17/h1-12,15H,13-14H2,(H,25,29)/t23-/m1/s1. The van der Waals surface area contributed by atoms with Gasteiger partial charge < -0.3 is 9.84 Å². The Morgan fingerprint density at radius 1 is 1.00 bits per heavy atom. The third kappa shape index (κ3) is 3.51. The SMILES string of the molecule is O=C1N[C@](Cc2ccccc2)(c2ccccc2)C(=O)N1Cc1nc(-c2ccsc2)no1. The lowest BCUT2D eigenvalue weighted by Crippen LogP contribution is -2.46. The van der Waals surface area contributed by atoms with Crippen LogP contribution in [0.15, 0.2) is 82.0 Å². The Morgan fingerprint density at radius 3 is 2.45 bits per heavy atom. The van der Waals surface area contributed by atoms with Crippen LogP contribution in [0.3, 0.4) is 0 Å². The molecule has 0 radical (unpaired) electrons. The van der Waals surface area contributed by atoms with Gasteiger partial charge in [-0.15, -0.1) is 0 Å². The second-order valence-electron chi connectivity index (χ2n) is 7.28. The first-order valence-corrected chi connectivity index (χ1v) is 10.7. The number of urea groups is 1. The van der Waals surface area contributed by atoms with Gasteiger partial charge in [-0.1, -0.05) is 65.8 Å². The van der Waals surface area contributed by atoms with Gasteiger partial charge >= 0.3 is 6.03 Å². The minimum atomic E-state index is -1.20. The molecule has 2 aromatic carbocycles. The first-order chi connectivity index (χ1) is 15.2. The normalized spacial score (nSPS) is 18.4. The van der Waals surface area contributed by atoms with Gasteiger partial charge in [0.25, 0.3) is 5.91 Å². The van der Waals surface area contributed by atoms with Crippen LogP contribution in [0.2, 0.25) is 0 Å². The maximum atomic E-state index is 13.6. The van der Waals surface area contributed by atoms with Gasteiger partial charge in [-0.2, -0.15) is 16.3 Å². The molecule has 1 N–H and O–H groups in total. The number of benzene rings is 2. The van der Waals surface area contributed by atoms with Gasteiger partial charge in [0.2, 0.25) is 11.7 Å². The van der Waals surface area contributed by atoms with E-state index in [1.165, 1.54) is 11.3 Å². The predicted octanol–water partition coefficient (Wildman–Crippen LogP) is 3.99. The van der Waals surface area contributed by atoms with Crippen molar-refractivity contribution in [2.45, 2.75) is 18.5 Å². The molecule has 0 bridgehead atoms. The van der Waals surface area contributed by atoms with Crippen LogP contribution in [0, 0.1) is 0 Å². The number of nitrogens with one attached hydrogen (secondary N) is 1. The van der Waals surface area contributed by atoms with E-state index < -0.39 is 11.6 Å². The zero-order chi connectivity index (χ0) is 21.3. The molecular weight excluding hydrogens is 412 g/mol. The summed E-state index contributed by atoms with van der Waals surface area (Å²) >= 11 is 1.53. The highest BCUT2D eigenvalue weighted by molar-refractivity contribution is 7.08. The lowest BCUT2D eigenvalue weighted by Gasteiger charge is -2.27. The molecule has 3 amide bonds. The van der Waals surface area contributed by atoms with Crippen molar-refractivity contribution >= 4 is 23.3 Å². The van der Waals surface area contributed by atoms with E-state index in [9.17, 15) is 9.59 Å². The quantitative estimate of drug-likeness (QED) is 0.467. The fourth-order valence-corrected chi connectivity index (χ4v) is 4.41. The summed E-state index contributed by atoms with van der Waals surface area (Å²) in [6.07, 6.45) is 0.336. The zero-order valence-corrected chi connectivity index (χ0v) is 17.2. The first kappa shape index (κ1) is 19.2. The van der Waals surface area contributed by atoms with Crippen molar-refractivity contribution in [2.75, 3.05) is 0 Å². The number of hydrogen-bond donors (Lipinski definition) is 1. The average molecular weight is 430 g/mol. The largest absolute Gasteiger partial charge is 0.337 e. The van der Waals surface area contributed by atoms with Crippen LogP contribution in [0.25, 0.3) is 11.4 Å². The van der Waals surface area contributed by atoms with E-state index in [4.69, 9.17) is 4.52 Å². The number of carbonyl (C=O) groups is 2. The molecule has 1 fully saturated rings. The molecule has 1 atom stereocenters. The lowest BCUT2D eigenvalue weighted by molar-refractivity contribution is -0.132. The number of amides is 3. The average Bonchev–Trinajstić information content (AvgIpc) is 3.53. The first-order valence-electron chi connectivity index (χ1n) is 9.74. The molecule has 0 aliphatic carbocycles. The molecule has 154 valence electrons. The summed E-state index contributed by atoms with van der Waals surface area (Å²) in [7, 11) is 0. The Bertz CT molecular complexity index is 1210. The van der Waals surface area contributed by atoms with Gasteiger partial charge in [-0.25, -0.2) is 4.79 Å². The number of carbonyl (C=O) groups excluding carboxylic acids is 2. The van der Waals surface area contributed by atoms with E-state index in [-0.39, 0.29) is 18.3 Å². The monoisotopic (exact) mass is 430 g/mol. The maximum absolute atomic E-state index is 13.6. The van der Waals surface area contributed by atoms with Crippen LogP contribution < -0.4 is 5.32 Å². The molecule has 2 aromatic heterocycles. The third-order valence-corrected chi connectivity index (χ3v) is 5.98. The molecule has 0 unspecified atom stereocenters. The van der Waals surface area contributed by atoms with E-state index in [1.54, 1.807) is 0 Å². The zero-order valence-electron chi connectivity index (χ0n) is 16.4. The van der Waals surface area contributed by atoms with Crippen molar-refractivity contribution in [3.05, 3.63) is 94.5 Å². The summed E-state index contributed by atoms with van der Waals surface area (Å²) in [6.45, 7) is -0.0921. The Balaban J connectivity index is 1.47. The molecule has 31 heavy (non-hydrogen) atoms. The van der Waals surface area contributed by atoms with Crippen LogP contribution in [0.4, 0.5) is 4.79 Å². The van der Waals surface area contributed by atoms with E-state index in [0.717, 1.165) is 21.6 Å². The summed E-state index contributed by atoms with van der Waals surface area (Å²) in [6, 6.07) is 20.3. The van der Waals surface area contributed by atoms with Crippen LogP contribution in [-0.4, -0.2) is 27.0 Å².